The minimum absolute atomic E-state index is 0.291. The quantitative estimate of drug-likeness (QED) is 0.556. The maximum Gasteiger partial charge on any atom is 0.191 e. The van der Waals surface area contributed by atoms with Gasteiger partial charge in [0.15, 0.2) is 17.5 Å². The van der Waals surface area contributed by atoms with Gasteiger partial charge < -0.3 is 15.4 Å². The van der Waals surface area contributed by atoms with Gasteiger partial charge in [0.05, 0.1) is 24.4 Å². The summed E-state index contributed by atoms with van der Waals surface area (Å²) in [4.78, 5) is 12.4. The molecule has 1 aliphatic heterocycles. The molecule has 1 aromatic carbocycles. The third-order valence-corrected chi connectivity index (χ3v) is 6.26. The van der Waals surface area contributed by atoms with Crippen molar-refractivity contribution < 1.29 is 9.13 Å². The summed E-state index contributed by atoms with van der Waals surface area (Å²) in [6.45, 7) is 7.50. The molecule has 6 nitrogen and oxygen atoms in total. The topological polar surface area (TPSA) is 61.8 Å². The lowest BCUT2D eigenvalue weighted by Gasteiger charge is -2.33. The molecule has 0 radical (unpaired) electrons. The number of hydrogen-bond acceptors (Lipinski definition) is 5. The summed E-state index contributed by atoms with van der Waals surface area (Å²) in [5, 5.41) is 8.02. The summed E-state index contributed by atoms with van der Waals surface area (Å²) in [6, 6.07) is 5.58. The molecule has 3 rings (SSSR count). The molecule has 1 fully saturated rings. The van der Waals surface area contributed by atoms with Gasteiger partial charge in [-0.1, -0.05) is 6.07 Å². The Morgan fingerprint density at radius 2 is 2.10 bits per heavy atom. The first-order valence-corrected chi connectivity index (χ1v) is 10.7. The van der Waals surface area contributed by atoms with Crippen LogP contribution in [0.25, 0.3) is 0 Å². The number of aryl methyl sites for hydroxylation is 2. The molecule has 158 valence electrons. The van der Waals surface area contributed by atoms with Crippen LogP contribution in [0.15, 0.2) is 23.2 Å². The van der Waals surface area contributed by atoms with Gasteiger partial charge in [-0.2, -0.15) is 0 Å². The van der Waals surface area contributed by atoms with Gasteiger partial charge in [0.25, 0.3) is 0 Å². The average molecular weight is 420 g/mol. The van der Waals surface area contributed by atoms with Crippen LogP contribution in [0.2, 0.25) is 0 Å². The number of aromatic nitrogens is 1. The number of nitrogens with zero attached hydrogens (tertiary/aromatic N) is 3. The number of thiazole rings is 1. The minimum atomic E-state index is -0.303. The number of benzene rings is 1. The van der Waals surface area contributed by atoms with Gasteiger partial charge in [0.1, 0.15) is 0 Å². The van der Waals surface area contributed by atoms with E-state index in [9.17, 15) is 4.39 Å². The summed E-state index contributed by atoms with van der Waals surface area (Å²) in [5.74, 6) is 0.813. The van der Waals surface area contributed by atoms with Crippen molar-refractivity contribution in [3.8, 4) is 5.75 Å². The molecule has 29 heavy (non-hydrogen) atoms. The minimum Gasteiger partial charge on any atom is -0.494 e. The Morgan fingerprint density at radius 1 is 1.34 bits per heavy atom. The lowest BCUT2D eigenvalue weighted by molar-refractivity contribution is 0.198. The maximum absolute atomic E-state index is 13.9. The van der Waals surface area contributed by atoms with Gasteiger partial charge in [0, 0.05) is 37.6 Å². The van der Waals surface area contributed by atoms with Gasteiger partial charge in [-0.3, -0.25) is 9.89 Å². The molecule has 0 unspecified atom stereocenters. The van der Waals surface area contributed by atoms with Crippen LogP contribution in [-0.4, -0.2) is 49.1 Å². The molecule has 1 aromatic heterocycles. The van der Waals surface area contributed by atoms with Crippen molar-refractivity contribution in [2.24, 2.45) is 4.99 Å². The van der Waals surface area contributed by atoms with Crippen molar-refractivity contribution in [2.75, 3.05) is 27.2 Å². The van der Waals surface area contributed by atoms with E-state index in [0.717, 1.165) is 61.2 Å². The number of halogens is 1. The number of aliphatic imine (C=N–C) groups is 1. The van der Waals surface area contributed by atoms with Gasteiger partial charge in [-0.15, -0.1) is 11.3 Å². The van der Waals surface area contributed by atoms with E-state index in [1.807, 2.05) is 19.9 Å². The third-order valence-electron chi connectivity index (χ3n) is 5.19. The highest BCUT2D eigenvalue weighted by atomic mass is 32.1. The molecule has 2 heterocycles. The Kier molecular flexibility index (Phi) is 7.44. The fourth-order valence-corrected chi connectivity index (χ4v) is 4.47. The highest BCUT2D eigenvalue weighted by Crippen LogP contribution is 2.20. The number of rotatable bonds is 6. The standard InChI is InChI=1S/C21H30FN5OS/c1-14-20(29-15(2)25-14)12-24-21(23-3)26-17-7-9-27(10-8-17)13-16-5-6-19(28-4)18(22)11-16/h5-6,11,17H,7-10,12-13H2,1-4H3,(H2,23,24,26). The first-order valence-electron chi connectivity index (χ1n) is 9.93. The molecule has 0 atom stereocenters. The lowest BCUT2D eigenvalue weighted by atomic mass is 10.0. The van der Waals surface area contributed by atoms with Gasteiger partial charge in [0.2, 0.25) is 0 Å². The number of ether oxygens (including phenoxy) is 1. The number of guanidine groups is 1. The zero-order valence-corrected chi connectivity index (χ0v) is 18.4. The van der Waals surface area contributed by atoms with E-state index in [1.165, 1.54) is 12.0 Å². The normalized spacial score (nSPS) is 16.1. The Morgan fingerprint density at radius 3 is 2.69 bits per heavy atom. The fraction of sp³-hybridized carbons (Fsp3) is 0.524. The van der Waals surface area contributed by atoms with E-state index in [0.29, 0.717) is 11.8 Å². The number of likely N-dealkylation sites (tertiary alicyclic amines) is 1. The van der Waals surface area contributed by atoms with E-state index >= 15 is 0 Å². The fourth-order valence-electron chi connectivity index (χ4n) is 3.59. The molecule has 0 aliphatic carbocycles. The van der Waals surface area contributed by atoms with Crippen molar-refractivity contribution in [1.82, 2.24) is 20.5 Å². The summed E-state index contributed by atoms with van der Waals surface area (Å²) in [6.07, 6.45) is 2.05. The van der Waals surface area contributed by atoms with E-state index < -0.39 is 0 Å². The van der Waals surface area contributed by atoms with E-state index in [1.54, 1.807) is 30.5 Å². The molecule has 8 heteroatoms. The van der Waals surface area contributed by atoms with Crippen LogP contribution in [-0.2, 0) is 13.1 Å². The van der Waals surface area contributed by atoms with Crippen molar-refractivity contribution in [3.05, 3.63) is 45.2 Å². The number of methoxy groups -OCH3 is 1. The van der Waals surface area contributed by atoms with E-state index in [4.69, 9.17) is 4.74 Å². The Bertz CT molecular complexity index is 846. The van der Waals surface area contributed by atoms with Crippen molar-refractivity contribution in [1.29, 1.82) is 0 Å². The van der Waals surface area contributed by atoms with Gasteiger partial charge in [-0.05, 0) is 44.4 Å². The number of nitrogens with one attached hydrogen (secondary N) is 2. The van der Waals surface area contributed by atoms with Crippen LogP contribution in [0.5, 0.6) is 5.75 Å². The molecule has 1 aliphatic rings. The second kappa shape index (κ2) is 10.0. The number of piperidine rings is 1. The van der Waals surface area contributed by atoms with Crippen LogP contribution in [0.4, 0.5) is 4.39 Å². The highest BCUT2D eigenvalue weighted by Gasteiger charge is 2.20. The molecule has 1 saturated heterocycles. The zero-order valence-electron chi connectivity index (χ0n) is 17.6. The van der Waals surface area contributed by atoms with E-state index in [2.05, 4.69) is 25.5 Å². The third kappa shape index (κ3) is 5.90. The Balaban J connectivity index is 1.44. The molecule has 2 aromatic rings. The van der Waals surface area contributed by atoms with Gasteiger partial charge >= 0.3 is 0 Å². The first kappa shape index (κ1) is 21.5. The van der Waals surface area contributed by atoms with Crippen molar-refractivity contribution >= 4 is 17.3 Å². The van der Waals surface area contributed by atoms with Crippen LogP contribution in [0.3, 0.4) is 0 Å². The molecule has 2 N–H and O–H groups in total. The highest BCUT2D eigenvalue weighted by molar-refractivity contribution is 7.11. The Labute approximate surface area is 176 Å². The smallest absolute Gasteiger partial charge is 0.191 e. The average Bonchev–Trinajstić information content (AvgIpc) is 3.03. The molecule has 0 saturated carbocycles. The van der Waals surface area contributed by atoms with Crippen LogP contribution < -0.4 is 15.4 Å². The first-order chi connectivity index (χ1) is 14.0. The van der Waals surface area contributed by atoms with Crippen LogP contribution in [0, 0.1) is 19.7 Å². The Hall–Kier alpha value is -2.19. The summed E-state index contributed by atoms with van der Waals surface area (Å²) in [7, 11) is 3.28. The molecule has 0 spiro atoms. The summed E-state index contributed by atoms with van der Waals surface area (Å²) < 4.78 is 18.9. The van der Waals surface area contributed by atoms with Gasteiger partial charge in [-0.25, -0.2) is 9.37 Å². The molecular weight excluding hydrogens is 389 g/mol. The molecule has 0 amide bonds. The van der Waals surface area contributed by atoms with Crippen molar-refractivity contribution in [2.45, 2.75) is 45.8 Å². The van der Waals surface area contributed by atoms with Crippen LogP contribution in [0.1, 0.15) is 34.0 Å². The largest absolute Gasteiger partial charge is 0.494 e. The maximum atomic E-state index is 13.9. The lowest BCUT2D eigenvalue weighted by Crippen LogP contribution is -2.48. The second-order valence-electron chi connectivity index (χ2n) is 7.33. The van der Waals surface area contributed by atoms with E-state index in [-0.39, 0.29) is 5.82 Å². The van der Waals surface area contributed by atoms with Crippen LogP contribution >= 0.6 is 11.3 Å². The predicted molar refractivity (Wildman–Crippen MR) is 116 cm³/mol. The zero-order chi connectivity index (χ0) is 20.8. The van der Waals surface area contributed by atoms with Crippen molar-refractivity contribution in [3.63, 3.8) is 0 Å². The monoisotopic (exact) mass is 419 g/mol. The summed E-state index contributed by atoms with van der Waals surface area (Å²) in [5.41, 5.74) is 2.06. The SMILES string of the molecule is CN=C(NCc1sc(C)nc1C)NC1CCN(Cc2ccc(OC)c(F)c2)CC1. The summed E-state index contributed by atoms with van der Waals surface area (Å²) >= 11 is 1.72. The second-order valence-corrected chi connectivity index (χ2v) is 8.62. The predicted octanol–water partition coefficient (Wildman–Crippen LogP) is 3.24. The molecule has 0 bridgehead atoms. The molecular formula is C21H30FN5OS. The number of hydrogen-bond donors (Lipinski definition) is 2.